The average molecular weight is 232 g/mol. The van der Waals surface area contributed by atoms with E-state index in [1.165, 1.54) is 0 Å². The Hall–Kier alpha value is -1.33. The molecule has 94 valence electrons. The molecule has 0 aromatic rings. The zero-order valence-corrected chi connectivity index (χ0v) is 9.43. The van der Waals surface area contributed by atoms with Crippen molar-refractivity contribution in [2.75, 3.05) is 13.2 Å². The summed E-state index contributed by atoms with van der Waals surface area (Å²) in [5.41, 5.74) is 0. The van der Waals surface area contributed by atoms with Crippen LogP contribution in [0.1, 0.15) is 25.7 Å². The lowest BCUT2D eigenvalue weighted by Crippen LogP contribution is -1.96. The van der Waals surface area contributed by atoms with E-state index in [0.29, 0.717) is 0 Å². The van der Waals surface area contributed by atoms with Crippen LogP contribution >= 0.6 is 0 Å². The van der Waals surface area contributed by atoms with Crippen LogP contribution in [0.3, 0.4) is 0 Å². The number of carbonyl (C=O) groups is 1. The monoisotopic (exact) mass is 232 g/mol. The molecule has 0 bridgehead atoms. The lowest BCUT2D eigenvalue weighted by molar-refractivity contribution is 0.120. The quantitative estimate of drug-likeness (QED) is 0.398. The molecule has 0 aliphatic rings. The molecular weight excluding hydrogens is 212 g/mol. The third-order valence-corrected chi connectivity index (χ3v) is 1.43. The maximum atomic E-state index is 10.1. The second-order valence-corrected chi connectivity index (χ2v) is 2.68. The first-order chi connectivity index (χ1) is 7.72. The third-order valence-electron chi connectivity index (χ3n) is 1.43. The van der Waals surface area contributed by atoms with Crippen LogP contribution < -0.4 is 0 Å². The minimum absolute atomic E-state index is 0.283. The second kappa shape index (κ2) is 16.1. The van der Waals surface area contributed by atoms with E-state index in [2.05, 4.69) is 22.6 Å². The number of ether oxygens (including phenoxy) is 2. The smallest absolute Gasteiger partial charge is 0.403 e. The SMILES string of the molecule is C=COC(=O)OC=C.OCCCCCCO. The Kier molecular flexibility index (Phi) is 17.2. The molecule has 0 spiro atoms. The Bertz CT molecular complexity index is 161. The van der Waals surface area contributed by atoms with Gasteiger partial charge in [-0.1, -0.05) is 26.0 Å². The van der Waals surface area contributed by atoms with Crippen molar-refractivity contribution in [3.05, 3.63) is 25.7 Å². The predicted octanol–water partition coefficient (Wildman–Crippen LogP) is 1.96. The van der Waals surface area contributed by atoms with Gasteiger partial charge in [-0.05, 0) is 12.8 Å². The largest absolute Gasteiger partial charge is 0.518 e. The number of hydrogen-bond donors (Lipinski definition) is 2. The Labute approximate surface area is 96.0 Å². The van der Waals surface area contributed by atoms with Crippen molar-refractivity contribution in [2.45, 2.75) is 25.7 Å². The minimum Gasteiger partial charge on any atom is -0.403 e. The van der Waals surface area contributed by atoms with Gasteiger partial charge in [0.2, 0.25) is 0 Å². The first-order valence-corrected chi connectivity index (χ1v) is 5.03. The molecule has 2 N–H and O–H groups in total. The molecular formula is C11H20O5. The minimum atomic E-state index is -0.824. The predicted molar refractivity (Wildman–Crippen MR) is 60.6 cm³/mol. The highest BCUT2D eigenvalue weighted by Gasteiger charge is 1.93. The molecule has 0 rings (SSSR count). The van der Waals surface area contributed by atoms with Crippen molar-refractivity contribution in [3.8, 4) is 0 Å². The average Bonchev–Trinajstić information content (AvgIpc) is 2.26. The number of aliphatic hydroxyl groups excluding tert-OH is 2. The summed E-state index contributed by atoms with van der Waals surface area (Å²) in [6.07, 6.45) is 4.96. The van der Waals surface area contributed by atoms with Gasteiger partial charge in [-0.3, -0.25) is 0 Å². The third kappa shape index (κ3) is 18.5. The lowest BCUT2D eigenvalue weighted by Gasteiger charge is -1.93. The number of unbranched alkanes of at least 4 members (excludes halogenated alkanes) is 3. The normalized spacial score (nSPS) is 8.38. The van der Waals surface area contributed by atoms with Crippen LogP contribution in [0.2, 0.25) is 0 Å². The molecule has 16 heavy (non-hydrogen) atoms. The maximum absolute atomic E-state index is 10.1. The summed E-state index contributed by atoms with van der Waals surface area (Å²) in [6.45, 7) is 6.82. The number of rotatable bonds is 7. The maximum Gasteiger partial charge on any atom is 0.518 e. The highest BCUT2D eigenvalue weighted by atomic mass is 16.7. The van der Waals surface area contributed by atoms with E-state index in [9.17, 15) is 4.79 Å². The molecule has 0 aliphatic heterocycles. The van der Waals surface area contributed by atoms with Gasteiger partial charge in [-0.25, -0.2) is 4.79 Å². The van der Waals surface area contributed by atoms with Crippen molar-refractivity contribution in [1.82, 2.24) is 0 Å². The fourth-order valence-corrected chi connectivity index (χ4v) is 0.741. The highest BCUT2D eigenvalue weighted by molar-refractivity contribution is 5.61. The molecule has 5 nitrogen and oxygen atoms in total. The van der Waals surface area contributed by atoms with E-state index < -0.39 is 6.16 Å². The van der Waals surface area contributed by atoms with Gasteiger partial charge >= 0.3 is 6.16 Å². The molecule has 0 saturated heterocycles. The van der Waals surface area contributed by atoms with Gasteiger partial charge in [0, 0.05) is 13.2 Å². The van der Waals surface area contributed by atoms with E-state index in [1.54, 1.807) is 0 Å². The second-order valence-electron chi connectivity index (χ2n) is 2.68. The van der Waals surface area contributed by atoms with E-state index in [1.807, 2.05) is 0 Å². The standard InChI is InChI=1S/C6H14O2.C5H6O3/c7-5-3-1-2-4-6-8;1-3-7-5(6)8-4-2/h7-8H,1-6H2;3-4H,1-2H2. The molecule has 0 aromatic heterocycles. The lowest BCUT2D eigenvalue weighted by atomic mass is 10.2. The summed E-state index contributed by atoms with van der Waals surface area (Å²) in [4.78, 5) is 10.1. The first kappa shape index (κ1) is 17.1. The fourth-order valence-electron chi connectivity index (χ4n) is 0.741. The molecule has 0 amide bonds. The summed E-state index contributed by atoms with van der Waals surface area (Å²) in [7, 11) is 0. The van der Waals surface area contributed by atoms with Crippen LogP contribution in [-0.2, 0) is 9.47 Å². The number of hydrogen-bond acceptors (Lipinski definition) is 5. The van der Waals surface area contributed by atoms with Gasteiger partial charge in [0.25, 0.3) is 0 Å². The van der Waals surface area contributed by atoms with Gasteiger partial charge in [-0.15, -0.1) is 0 Å². The van der Waals surface area contributed by atoms with Crippen molar-refractivity contribution in [3.63, 3.8) is 0 Å². The molecule has 0 saturated carbocycles. The summed E-state index contributed by atoms with van der Waals surface area (Å²) in [5, 5.41) is 16.6. The number of aliphatic hydroxyl groups is 2. The first-order valence-electron chi connectivity index (χ1n) is 5.03. The molecule has 0 unspecified atom stereocenters. The Balaban J connectivity index is 0. The number of carbonyl (C=O) groups excluding carboxylic acids is 1. The van der Waals surface area contributed by atoms with E-state index in [0.717, 1.165) is 38.2 Å². The van der Waals surface area contributed by atoms with E-state index in [-0.39, 0.29) is 13.2 Å². The molecule has 0 radical (unpaired) electrons. The molecule has 0 atom stereocenters. The summed E-state index contributed by atoms with van der Waals surface area (Å²) < 4.78 is 8.23. The topological polar surface area (TPSA) is 76.0 Å². The Morgan fingerprint density at radius 3 is 1.56 bits per heavy atom. The van der Waals surface area contributed by atoms with Gasteiger partial charge < -0.3 is 19.7 Å². The summed E-state index contributed by atoms with van der Waals surface area (Å²) in [5.74, 6) is 0. The molecule has 5 heteroatoms. The van der Waals surface area contributed by atoms with Gasteiger partial charge in [-0.2, -0.15) is 0 Å². The Morgan fingerprint density at radius 2 is 1.31 bits per heavy atom. The molecule has 0 aromatic carbocycles. The van der Waals surface area contributed by atoms with Crippen LogP contribution in [0.4, 0.5) is 4.79 Å². The fraction of sp³-hybridized carbons (Fsp3) is 0.545. The van der Waals surface area contributed by atoms with Gasteiger partial charge in [0.1, 0.15) is 0 Å². The molecule has 0 heterocycles. The van der Waals surface area contributed by atoms with Crippen molar-refractivity contribution in [1.29, 1.82) is 0 Å². The Morgan fingerprint density at radius 1 is 0.938 bits per heavy atom. The van der Waals surface area contributed by atoms with Crippen LogP contribution in [0.5, 0.6) is 0 Å². The van der Waals surface area contributed by atoms with Crippen LogP contribution in [-0.4, -0.2) is 29.6 Å². The van der Waals surface area contributed by atoms with E-state index >= 15 is 0 Å². The van der Waals surface area contributed by atoms with Crippen LogP contribution in [0.15, 0.2) is 25.7 Å². The zero-order chi connectivity index (χ0) is 12.6. The molecule has 0 aliphatic carbocycles. The van der Waals surface area contributed by atoms with E-state index in [4.69, 9.17) is 10.2 Å². The van der Waals surface area contributed by atoms with Crippen molar-refractivity contribution >= 4 is 6.16 Å². The summed E-state index contributed by atoms with van der Waals surface area (Å²) in [6, 6.07) is 0. The van der Waals surface area contributed by atoms with Crippen molar-refractivity contribution in [2.24, 2.45) is 0 Å². The zero-order valence-electron chi connectivity index (χ0n) is 9.43. The molecule has 0 fully saturated rings. The van der Waals surface area contributed by atoms with Crippen LogP contribution in [0.25, 0.3) is 0 Å². The van der Waals surface area contributed by atoms with Gasteiger partial charge in [0.15, 0.2) is 0 Å². The van der Waals surface area contributed by atoms with Gasteiger partial charge in [0.05, 0.1) is 12.5 Å². The van der Waals surface area contributed by atoms with Crippen molar-refractivity contribution < 1.29 is 24.5 Å². The van der Waals surface area contributed by atoms with Crippen LogP contribution in [0, 0.1) is 0 Å². The highest BCUT2D eigenvalue weighted by Crippen LogP contribution is 1.96. The summed E-state index contributed by atoms with van der Waals surface area (Å²) >= 11 is 0.